The first-order valence-electron chi connectivity index (χ1n) is 9.59. The molecule has 1 unspecified atom stereocenters. The van der Waals surface area contributed by atoms with E-state index in [4.69, 9.17) is 4.74 Å². The number of carbonyl (C=O) groups excluding carboxylic acids is 1. The summed E-state index contributed by atoms with van der Waals surface area (Å²) in [5, 5.41) is 0. The molecule has 1 aromatic carbocycles. The number of hydrogen-bond acceptors (Lipinski definition) is 4. The fourth-order valence-electron chi connectivity index (χ4n) is 3.60. The second-order valence-corrected chi connectivity index (χ2v) is 8.34. The van der Waals surface area contributed by atoms with Gasteiger partial charge in [-0.3, -0.25) is 9.30 Å². The number of ether oxygens (including phenoxy) is 1. The van der Waals surface area contributed by atoms with E-state index < -0.39 is 42.3 Å². The molecule has 1 atom stereocenters. The zero-order valence-electron chi connectivity index (χ0n) is 16.9. The van der Waals surface area contributed by atoms with Gasteiger partial charge in [-0.2, -0.15) is 0 Å². The third-order valence-electron chi connectivity index (χ3n) is 4.79. The summed E-state index contributed by atoms with van der Waals surface area (Å²) in [6.07, 6.45) is 0.0410. The Bertz CT molecular complexity index is 1150. The molecule has 7 nitrogen and oxygen atoms in total. The predicted molar refractivity (Wildman–Crippen MR) is 106 cm³/mol. The van der Waals surface area contributed by atoms with Crippen LogP contribution in [0.1, 0.15) is 39.1 Å². The number of benzene rings is 1. The van der Waals surface area contributed by atoms with Gasteiger partial charge in [-0.15, -0.1) is 0 Å². The minimum Gasteiger partial charge on any atom is -0.444 e. The Morgan fingerprint density at radius 1 is 1.17 bits per heavy atom. The lowest BCUT2D eigenvalue weighted by Crippen LogP contribution is -2.40. The second kappa shape index (κ2) is 6.93. The van der Waals surface area contributed by atoms with Crippen molar-refractivity contribution in [2.45, 2.75) is 44.8 Å². The van der Waals surface area contributed by atoms with E-state index in [-0.39, 0.29) is 5.82 Å². The lowest BCUT2D eigenvalue weighted by atomic mass is 10.1. The van der Waals surface area contributed by atoms with Gasteiger partial charge in [0.1, 0.15) is 17.1 Å². The molecule has 0 spiro atoms. The largest absolute Gasteiger partial charge is 0.444 e. The number of amides is 1. The Morgan fingerprint density at radius 3 is 2.53 bits per heavy atom. The van der Waals surface area contributed by atoms with Gasteiger partial charge in [-0.25, -0.2) is 27.9 Å². The summed E-state index contributed by atoms with van der Waals surface area (Å²) in [5.74, 6) is -3.06. The predicted octanol–water partition coefficient (Wildman–Crippen LogP) is 3.80. The van der Waals surface area contributed by atoms with Crippen LogP contribution in [0.2, 0.25) is 0 Å². The molecular weight excluding hydrogens is 394 g/mol. The van der Waals surface area contributed by atoms with Crippen LogP contribution in [-0.4, -0.2) is 43.0 Å². The molecular formula is C21H22F2N4O3. The van der Waals surface area contributed by atoms with Gasteiger partial charge in [0.25, 0.3) is 5.92 Å². The smallest absolute Gasteiger partial charge is 0.411 e. The van der Waals surface area contributed by atoms with Gasteiger partial charge < -0.3 is 4.74 Å². The van der Waals surface area contributed by atoms with Crippen LogP contribution in [0.3, 0.4) is 0 Å². The van der Waals surface area contributed by atoms with E-state index in [2.05, 4.69) is 4.98 Å². The molecule has 2 aromatic heterocycles. The van der Waals surface area contributed by atoms with Crippen LogP contribution < -0.4 is 5.69 Å². The van der Waals surface area contributed by atoms with Crippen molar-refractivity contribution >= 4 is 11.7 Å². The number of nitrogens with zero attached hydrogens (tertiary/aromatic N) is 4. The number of likely N-dealkylation sites (tertiary alicyclic amines) is 1. The maximum Gasteiger partial charge on any atom is 0.411 e. The minimum absolute atomic E-state index is 0.0698. The number of para-hydroxylation sites is 1. The summed E-state index contributed by atoms with van der Waals surface area (Å²) in [6.45, 7) is 4.19. The van der Waals surface area contributed by atoms with Crippen LogP contribution in [-0.2, 0) is 4.74 Å². The average molecular weight is 416 g/mol. The molecule has 30 heavy (non-hydrogen) atoms. The Labute approximate surface area is 171 Å². The van der Waals surface area contributed by atoms with Gasteiger partial charge in [0, 0.05) is 12.6 Å². The number of aromatic nitrogens is 3. The molecule has 1 amide bonds. The van der Waals surface area contributed by atoms with Crippen molar-refractivity contribution in [3.63, 3.8) is 0 Å². The van der Waals surface area contributed by atoms with E-state index in [9.17, 15) is 18.4 Å². The lowest BCUT2D eigenvalue weighted by molar-refractivity contribution is -0.00250. The van der Waals surface area contributed by atoms with Crippen molar-refractivity contribution in [2.75, 3.05) is 6.54 Å². The first-order valence-corrected chi connectivity index (χ1v) is 9.59. The molecule has 4 rings (SSSR count). The number of carbonyl (C=O) groups is 1. The molecule has 9 heteroatoms. The van der Waals surface area contributed by atoms with E-state index in [1.807, 2.05) is 0 Å². The van der Waals surface area contributed by atoms with Crippen molar-refractivity contribution in [1.29, 1.82) is 0 Å². The molecule has 1 aliphatic heterocycles. The van der Waals surface area contributed by atoms with Gasteiger partial charge in [-0.05, 0) is 45.0 Å². The fourth-order valence-corrected chi connectivity index (χ4v) is 3.60. The van der Waals surface area contributed by atoms with Crippen LogP contribution in [0, 0.1) is 0 Å². The Hall–Kier alpha value is -3.23. The van der Waals surface area contributed by atoms with Gasteiger partial charge >= 0.3 is 11.8 Å². The first kappa shape index (κ1) is 20.1. The highest BCUT2D eigenvalue weighted by molar-refractivity contribution is 5.69. The van der Waals surface area contributed by atoms with Crippen LogP contribution in [0.15, 0.2) is 53.5 Å². The monoisotopic (exact) mass is 416 g/mol. The average Bonchev–Trinajstić information content (AvgIpc) is 3.25. The zero-order valence-corrected chi connectivity index (χ0v) is 16.9. The highest BCUT2D eigenvalue weighted by Gasteiger charge is 2.50. The summed E-state index contributed by atoms with van der Waals surface area (Å²) in [5.41, 5.74) is -0.510. The molecule has 0 N–H and O–H groups in total. The van der Waals surface area contributed by atoms with Gasteiger partial charge in [-0.1, -0.05) is 18.2 Å². The van der Waals surface area contributed by atoms with E-state index in [0.29, 0.717) is 11.3 Å². The van der Waals surface area contributed by atoms with Gasteiger partial charge in [0.15, 0.2) is 0 Å². The van der Waals surface area contributed by atoms with E-state index in [1.165, 1.54) is 8.97 Å². The number of alkyl halides is 2. The van der Waals surface area contributed by atoms with Crippen LogP contribution in [0.5, 0.6) is 0 Å². The molecule has 0 radical (unpaired) electrons. The number of rotatable bonds is 2. The quantitative estimate of drug-likeness (QED) is 0.637. The van der Waals surface area contributed by atoms with Gasteiger partial charge in [0.2, 0.25) is 0 Å². The van der Waals surface area contributed by atoms with Crippen molar-refractivity contribution < 1.29 is 18.3 Å². The summed E-state index contributed by atoms with van der Waals surface area (Å²) in [6, 6.07) is 10.8. The molecule has 0 saturated carbocycles. The second-order valence-electron chi connectivity index (χ2n) is 8.34. The van der Waals surface area contributed by atoms with Gasteiger partial charge in [0.05, 0.1) is 18.3 Å². The molecule has 3 heterocycles. The third kappa shape index (κ3) is 3.67. The van der Waals surface area contributed by atoms with Crippen molar-refractivity contribution in [1.82, 2.24) is 18.9 Å². The SMILES string of the molecule is CC(C)(C)OC(=O)N1CC(F)(F)CC1c1nc2cccn2c(=O)n1-c1ccccc1. The zero-order chi connectivity index (χ0) is 21.7. The standard InChI is InChI=1S/C21H22F2N4O3/c1-20(2,3)30-19(29)26-13-21(22,23)12-15(26)17-24-16-10-7-11-25(16)18(28)27(17)14-8-5-4-6-9-14/h4-11,15H,12-13H2,1-3H3. The summed E-state index contributed by atoms with van der Waals surface area (Å²) in [7, 11) is 0. The Kier molecular flexibility index (Phi) is 4.63. The molecule has 0 aliphatic carbocycles. The highest BCUT2D eigenvalue weighted by Crippen LogP contribution is 2.41. The van der Waals surface area contributed by atoms with E-state index in [0.717, 1.165) is 4.90 Å². The lowest BCUT2D eigenvalue weighted by Gasteiger charge is -2.28. The minimum atomic E-state index is -3.13. The number of fused-ring (bicyclic) bond motifs is 1. The molecule has 1 saturated heterocycles. The van der Waals surface area contributed by atoms with Crippen LogP contribution in [0.4, 0.5) is 13.6 Å². The van der Waals surface area contributed by atoms with Crippen molar-refractivity contribution in [2.24, 2.45) is 0 Å². The molecule has 0 bridgehead atoms. The maximum absolute atomic E-state index is 14.4. The summed E-state index contributed by atoms with van der Waals surface area (Å²) in [4.78, 5) is 31.4. The molecule has 1 fully saturated rings. The third-order valence-corrected chi connectivity index (χ3v) is 4.79. The number of hydrogen-bond donors (Lipinski definition) is 0. The topological polar surface area (TPSA) is 68.8 Å². The molecule has 3 aromatic rings. The Morgan fingerprint density at radius 2 is 1.87 bits per heavy atom. The van der Waals surface area contributed by atoms with Crippen molar-refractivity contribution in [3.05, 3.63) is 65.0 Å². The fraction of sp³-hybridized carbons (Fsp3) is 0.381. The van der Waals surface area contributed by atoms with E-state index >= 15 is 0 Å². The maximum atomic E-state index is 14.4. The first-order chi connectivity index (χ1) is 14.1. The molecule has 158 valence electrons. The van der Waals surface area contributed by atoms with Crippen LogP contribution >= 0.6 is 0 Å². The number of halogens is 2. The summed E-state index contributed by atoms with van der Waals surface area (Å²) < 4.78 is 36.8. The van der Waals surface area contributed by atoms with Crippen molar-refractivity contribution in [3.8, 4) is 5.69 Å². The molecule has 1 aliphatic rings. The Balaban J connectivity index is 1.90. The normalized spacial score (nSPS) is 18.7. The highest BCUT2D eigenvalue weighted by atomic mass is 19.3. The summed E-state index contributed by atoms with van der Waals surface area (Å²) >= 11 is 0. The van der Waals surface area contributed by atoms with Crippen LogP contribution in [0.25, 0.3) is 11.3 Å². The van der Waals surface area contributed by atoms with E-state index in [1.54, 1.807) is 69.4 Å².